The smallest absolute Gasteiger partial charge is 0.206 e. The molecule has 1 unspecified atom stereocenters. The zero-order chi connectivity index (χ0) is 10.3. The van der Waals surface area contributed by atoms with E-state index in [1.54, 1.807) is 0 Å². The van der Waals surface area contributed by atoms with Gasteiger partial charge in [-0.05, 0) is 23.7 Å². The summed E-state index contributed by atoms with van der Waals surface area (Å²) in [6, 6.07) is 0. The van der Waals surface area contributed by atoms with E-state index in [1.807, 2.05) is 0 Å². The van der Waals surface area contributed by atoms with Crippen molar-refractivity contribution in [3.8, 4) is 0 Å². The van der Waals surface area contributed by atoms with Gasteiger partial charge < -0.3 is 9.47 Å². The van der Waals surface area contributed by atoms with E-state index >= 15 is 0 Å². The van der Waals surface area contributed by atoms with Crippen molar-refractivity contribution in [1.82, 2.24) is 0 Å². The molecule has 0 aromatic carbocycles. The highest BCUT2D eigenvalue weighted by Crippen LogP contribution is 2.36. The summed E-state index contributed by atoms with van der Waals surface area (Å²) in [5.41, 5.74) is 0. The number of carbonyl (C=O) groups is 1. The normalized spacial score (nSPS) is 31.5. The first-order valence-electron chi connectivity index (χ1n) is 5.55. The van der Waals surface area contributed by atoms with Gasteiger partial charge in [0.25, 0.3) is 0 Å². The number of allylic oxidation sites excluding steroid dienone is 1. The van der Waals surface area contributed by atoms with Crippen LogP contribution >= 0.6 is 0 Å². The van der Waals surface area contributed by atoms with Crippen LogP contribution in [0.1, 0.15) is 19.3 Å². The molecular weight excluding hydrogens is 212 g/mol. The van der Waals surface area contributed by atoms with Crippen LogP contribution in [0.15, 0.2) is 11.5 Å². The number of carbonyl (C=O) groups excluding carboxylic acids is 1. The maximum Gasteiger partial charge on any atom is 0.206 e. The van der Waals surface area contributed by atoms with Crippen molar-refractivity contribution in [2.24, 2.45) is 0 Å². The largest absolute Gasteiger partial charge is 0.485 e. The number of ketones is 1. The predicted octanol–water partition coefficient (Wildman–Crippen LogP) is 0.998. The van der Waals surface area contributed by atoms with Crippen molar-refractivity contribution in [2.45, 2.75) is 24.5 Å². The molecule has 0 spiro atoms. The van der Waals surface area contributed by atoms with Gasteiger partial charge in [0, 0.05) is 0 Å². The maximum absolute atomic E-state index is 11.7. The molecule has 3 nitrogen and oxygen atoms in total. The summed E-state index contributed by atoms with van der Waals surface area (Å²) in [6.07, 6.45) is 3.27. The van der Waals surface area contributed by atoms with Crippen LogP contribution in [0.4, 0.5) is 0 Å². The molecule has 0 radical (unpaired) electrons. The van der Waals surface area contributed by atoms with Gasteiger partial charge in [-0.1, -0.05) is 0 Å². The molecule has 82 valence electrons. The van der Waals surface area contributed by atoms with Crippen molar-refractivity contribution in [3.05, 3.63) is 11.5 Å². The van der Waals surface area contributed by atoms with Gasteiger partial charge in [0.15, 0.2) is 11.0 Å². The fourth-order valence-corrected chi connectivity index (χ4v) is 5.26. The third-order valence-electron chi connectivity index (χ3n) is 3.19. The fourth-order valence-electron chi connectivity index (χ4n) is 2.47. The lowest BCUT2D eigenvalue weighted by atomic mass is 10.3. The van der Waals surface area contributed by atoms with Crippen molar-refractivity contribution in [3.63, 3.8) is 0 Å². The minimum Gasteiger partial charge on any atom is -0.485 e. The van der Waals surface area contributed by atoms with Crippen LogP contribution < -0.4 is 0 Å². The molecule has 2 heterocycles. The third kappa shape index (κ3) is 1.55. The Kier molecular flexibility index (Phi) is 2.39. The van der Waals surface area contributed by atoms with E-state index in [1.165, 1.54) is 24.3 Å². The number of Topliss-reactive ketones (excluding diaryl/α,β-unsaturated/α-hetero) is 1. The molecule has 4 heteroatoms. The second-order valence-electron chi connectivity index (χ2n) is 4.16. The number of hydrogen-bond donors (Lipinski definition) is 0. The predicted molar refractivity (Wildman–Crippen MR) is 58.7 cm³/mol. The van der Waals surface area contributed by atoms with Crippen molar-refractivity contribution in [1.29, 1.82) is 0 Å². The Morgan fingerprint density at radius 1 is 1.13 bits per heavy atom. The van der Waals surface area contributed by atoms with Crippen molar-refractivity contribution < 1.29 is 14.3 Å². The lowest BCUT2D eigenvalue weighted by Gasteiger charge is -2.18. The minimum absolute atomic E-state index is 0.161. The Bertz CT molecular complexity index is 318. The zero-order valence-electron chi connectivity index (χ0n) is 8.66. The van der Waals surface area contributed by atoms with Crippen LogP contribution in [0, 0.1) is 0 Å². The Balaban J connectivity index is 1.85. The van der Waals surface area contributed by atoms with Crippen LogP contribution in [0.3, 0.4) is 0 Å². The lowest BCUT2D eigenvalue weighted by Crippen LogP contribution is -2.26. The topological polar surface area (TPSA) is 35.5 Å². The molecule has 0 amide bonds. The summed E-state index contributed by atoms with van der Waals surface area (Å²) >= 11 is 0. The molecule has 0 N–H and O–H groups in total. The number of ether oxygens (including phenoxy) is 2. The average Bonchev–Trinajstić information content (AvgIpc) is 2.87. The first kappa shape index (κ1) is 9.58. The molecule has 3 rings (SSSR count). The van der Waals surface area contributed by atoms with E-state index in [-0.39, 0.29) is 5.78 Å². The van der Waals surface area contributed by atoms with E-state index in [4.69, 9.17) is 9.47 Å². The second-order valence-corrected chi connectivity index (χ2v) is 6.62. The van der Waals surface area contributed by atoms with Crippen LogP contribution in [0.25, 0.3) is 0 Å². The van der Waals surface area contributed by atoms with Crippen molar-refractivity contribution >= 4 is 16.7 Å². The second kappa shape index (κ2) is 3.74. The molecule has 1 fully saturated rings. The van der Waals surface area contributed by atoms with Gasteiger partial charge in [-0.2, -0.15) is 0 Å². The first-order valence-corrected chi connectivity index (χ1v) is 7.18. The SMILES string of the molecule is O=C1CC([S+]2CCCC2)C2=C1OCCO2. The van der Waals surface area contributed by atoms with Crippen LogP contribution in [-0.4, -0.2) is 35.8 Å². The van der Waals surface area contributed by atoms with E-state index in [0.717, 1.165) is 5.76 Å². The molecule has 1 atom stereocenters. The Labute approximate surface area is 92.2 Å². The molecule has 0 aromatic rings. The third-order valence-corrected chi connectivity index (χ3v) is 6.00. The van der Waals surface area contributed by atoms with Gasteiger partial charge in [0.2, 0.25) is 11.5 Å². The van der Waals surface area contributed by atoms with E-state index in [2.05, 4.69) is 0 Å². The summed E-state index contributed by atoms with van der Waals surface area (Å²) in [6.45, 7) is 1.14. The van der Waals surface area contributed by atoms with Crippen LogP contribution in [0.2, 0.25) is 0 Å². The highest BCUT2D eigenvalue weighted by molar-refractivity contribution is 7.97. The molecule has 3 aliphatic rings. The summed E-state index contributed by atoms with van der Waals surface area (Å²) in [5.74, 6) is 4.15. The molecule has 2 aliphatic heterocycles. The number of hydrogen-bond acceptors (Lipinski definition) is 3. The van der Waals surface area contributed by atoms with Crippen LogP contribution in [-0.2, 0) is 25.2 Å². The van der Waals surface area contributed by atoms with Gasteiger partial charge in [-0.3, -0.25) is 4.79 Å². The summed E-state index contributed by atoms with van der Waals surface area (Å²) < 4.78 is 11.1. The van der Waals surface area contributed by atoms with Gasteiger partial charge in [-0.25, -0.2) is 0 Å². The summed E-state index contributed by atoms with van der Waals surface area (Å²) in [7, 11) is 0.375. The van der Waals surface area contributed by atoms with Gasteiger partial charge >= 0.3 is 0 Å². The van der Waals surface area contributed by atoms with Gasteiger partial charge in [-0.15, -0.1) is 0 Å². The highest BCUT2D eigenvalue weighted by atomic mass is 32.2. The Morgan fingerprint density at radius 2 is 1.87 bits per heavy atom. The molecule has 0 saturated carbocycles. The first-order chi connectivity index (χ1) is 7.36. The Hall–Kier alpha value is -0.640. The molecule has 0 bridgehead atoms. The molecule has 15 heavy (non-hydrogen) atoms. The Morgan fingerprint density at radius 3 is 2.67 bits per heavy atom. The van der Waals surface area contributed by atoms with E-state index < -0.39 is 0 Å². The van der Waals surface area contributed by atoms with E-state index in [0.29, 0.717) is 41.5 Å². The molecular formula is C11H15O3S+. The minimum atomic E-state index is 0.161. The monoisotopic (exact) mass is 227 g/mol. The maximum atomic E-state index is 11.7. The molecule has 1 saturated heterocycles. The number of rotatable bonds is 1. The highest BCUT2D eigenvalue weighted by Gasteiger charge is 2.48. The summed E-state index contributed by atoms with van der Waals surface area (Å²) in [5, 5.41) is 0.357. The van der Waals surface area contributed by atoms with Gasteiger partial charge in [0.1, 0.15) is 24.7 Å². The van der Waals surface area contributed by atoms with E-state index in [9.17, 15) is 4.79 Å². The van der Waals surface area contributed by atoms with Crippen molar-refractivity contribution in [2.75, 3.05) is 24.7 Å². The fraction of sp³-hybridized carbons (Fsp3) is 0.727. The lowest BCUT2D eigenvalue weighted by molar-refractivity contribution is -0.118. The summed E-state index contributed by atoms with van der Waals surface area (Å²) in [4.78, 5) is 11.7. The van der Waals surface area contributed by atoms with Gasteiger partial charge in [0.05, 0.1) is 6.42 Å². The van der Waals surface area contributed by atoms with Crippen LogP contribution in [0.5, 0.6) is 0 Å². The molecule has 1 aliphatic carbocycles. The standard InChI is InChI=1S/C11H15O3S/c12-8-7-9(15-5-1-2-6-15)11-10(8)13-3-4-14-11/h9H,1-7H2/q+1. The average molecular weight is 227 g/mol. The molecule has 0 aromatic heterocycles. The quantitative estimate of drug-likeness (QED) is 0.627. The zero-order valence-corrected chi connectivity index (χ0v) is 9.48.